The summed E-state index contributed by atoms with van der Waals surface area (Å²) in [5.41, 5.74) is 0.518. The van der Waals surface area contributed by atoms with Gasteiger partial charge in [0, 0.05) is 11.6 Å². The number of ether oxygens (including phenoxy) is 1. The summed E-state index contributed by atoms with van der Waals surface area (Å²) >= 11 is 12.2. The summed E-state index contributed by atoms with van der Waals surface area (Å²) in [7, 11) is 0. The van der Waals surface area contributed by atoms with Crippen LogP contribution in [0.3, 0.4) is 0 Å². The third-order valence-corrected chi connectivity index (χ3v) is 4.27. The number of carbonyl (C=O) groups excluding carboxylic acids is 1. The van der Waals surface area contributed by atoms with Crippen LogP contribution in [0, 0.1) is 11.3 Å². The first-order valence-electron chi connectivity index (χ1n) is 7.90. The number of carbonyl (C=O) groups is 1. The Morgan fingerprint density at radius 2 is 2.08 bits per heavy atom. The van der Waals surface area contributed by atoms with Gasteiger partial charge in [0.1, 0.15) is 23.2 Å². The van der Waals surface area contributed by atoms with Crippen molar-refractivity contribution in [3.63, 3.8) is 0 Å². The summed E-state index contributed by atoms with van der Waals surface area (Å²) in [4.78, 5) is 11.9. The summed E-state index contributed by atoms with van der Waals surface area (Å²) in [6.45, 7) is 2.36. The van der Waals surface area contributed by atoms with Crippen molar-refractivity contribution in [2.75, 3.05) is 6.61 Å². The van der Waals surface area contributed by atoms with E-state index in [2.05, 4.69) is 6.92 Å². The monoisotopic (exact) mass is 377 g/mol. The van der Waals surface area contributed by atoms with Crippen molar-refractivity contribution in [1.82, 2.24) is 0 Å². The molecule has 0 spiro atoms. The molecule has 0 N–H and O–H groups in total. The second-order valence-electron chi connectivity index (χ2n) is 5.32. The first-order valence-corrected chi connectivity index (χ1v) is 8.65. The second kappa shape index (κ2) is 9.31. The number of nitriles is 1. The van der Waals surface area contributed by atoms with Crippen LogP contribution in [0.15, 0.2) is 40.3 Å². The minimum atomic E-state index is -0.655. The van der Waals surface area contributed by atoms with Gasteiger partial charge in [0.25, 0.3) is 0 Å². The second-order valence-corrected chi connectivity index (χ2v) is 6.10. The van der Waals surface area contributed by atoms with E-state index in [-0.39, 0.29) is 5.57 Å². The highest BCUT2D eigenvalue weighted by atomic mass is 35.5. The molecule has 0 bridgehead atoms. The molecule has 0 aliphatic carbocycles. The lowest BCUT2D eigenvalue weighted by Crippen LogP contribution is -2.07. The Hall–Kier alpha value is -2.22. The van der Waals surface area contributed by atoms with Gasteiger partial charge in [-0.2, -0.15) is 5.26 Å². The van der Waals surface area contributed by atoms with Crippen LogP contribution in [0.25, 0.3) is 17.4 Å². The Morgan fingerprint density at radius 3 is 2.80 bits per heavy atom. The number of furan rings is 1. The Labute approximate surface area is 156 Å². The van der Waals surface area contributed by atoms with Crippen LogP contribution >= 0.6 is 23.2 Å². The molecule has 25 heavy (non-hydrogen) atoms. The van der Waals surface area contributed by atoms with Crippen molar-refractivity contribution in [2.45, 2.75) is 26.2 Å². The lowest BCUT2D eigenvalue weighted by Gasteiger charge is -2.03. The van der Waals surface area contributed by atoms with Gasteiger partial charge >= 0.3 is 5.97 Å². The number of esters is 1. The first-order chi connectivity index (χ1) is 12.1. The topological polar surface area (TPSA) is 63.2 Å². The maximum absolute atomic E-state index is 11.9. The van der Waals surface area contributed by atoms with Crippen molar-refractivity contribution in [2.24, 2.45) is 0 Å². The van der Waals surface area contributed by atoms with E-state index in [0.717, 1.165) is 19.3 Å². The number of benzene rings is 1. The minimum absolute atomic E-state index is 0.116. The molecule has 6 heteroatoms. The van der Waals surface area contributed by atoms with E-state index >= 15 is 0 Å². The number of rotatable bonds is 7. The maximum Gasteiger partial charge on any atom is 0.349 e. The number of halogens is 2. The number of hydrogen-bond donors (Lipinski definition) is 0. The summed E-state index contributed by atoms with van der Waals surface area (Å²) < 4.78 is 10.7. The van der Waals surface area contributed by atoms with Gasteiger partial charge in [-0.25, -0.2) is 4.79 Å². The van der Waals surface area contributed by atoms with Crippen LogP contribution < -0.4 is 0 Å². The molecule has 130 valence electrons. The van der Waals surface area contributed by atoms with Crippen LogP contribution in [0.5, 0.6) is 0 Å². The van der Waals surface area contributed by atoms with Crippen molar-refractivity contribution in [3.05, 3.63) is 51.7 Å². The lowest BCUT2D eigenvalue weighted by atomic mass is 10.2. The zero-order valence-electron chi connectivity index (χ0n) is 13.7. The van der Waals surface area contributed by atoms with E-state index in [1.54, 1.807) is 30.3 Å². The van der Waals surface area contributed by atoms with Gasteiger partial charge in [-0.1, -0.05) is 49.0 Å². The van der Waals surface area contributed by atoms with Crippen LogP contribution in [-0.2, 0) is 9.53 Å². The van der Waals surface area contributed by atoms with E-state index in [1.807, 2.05) is 6.07 Å². The molecule has 0 aliphatic heterocycles. The van der Waals surface area contributed by atoms with Gasteiger partial charge in [-0.15, -0.1) is 0 Å². The van der Waals surface area contributed by atoms with Crippen molar-refractivity contribution in [1.29, 1.82) is 5.26 Å². The molecule has 0 amide bonds. The standard InChI is InChI=1S/C19H17Cl2NO3/c1-2-3-4-10-24-19(23)13(12-22)11-14-8-9-17(25-14)15-6-5-7-16(20)18(15)21/h5-9,11H,2-4,10H2,1H3. The van der Waals surface area contributed by atoms with E-state index in [1.165, 1.54) is 6.08 Å². The maximum atomic E-state index is 11.9. The predicted octanol–water partition coefficient (Wildman–Crippen LogP) is 5.89. The van der Waals surface area contributed by atoms with Crippen LogP contribution in [0.4, 0.5) is 0 Å². The Kier molecular flexibility index (Phi) is 7.12. The fraction of sp³-hybridized carbons (Fsp3) is 0.263. The molecule has 0 saturated heterocycles. The molecule has 0 radical (unpaired) electrons. The van der Waals surface area contributed by atoms with E-state index in [4.69, 9.17) is 37.6 Å². The highest BCUT2D eigenvalue weighted by Crippen LogP contribution is 2.34. The average Bonchev–Trinajstić information content (AvgIpc) is 3.07. The molecular formula is C19H17Cl2NO3. The smallest absolute Gasteiger partial charge is 0.349 e. The Balaban J connectivity index is 2.15. The third kappa shape index (κ3) is 5.12. The van der Waals surface area contributed by atoms with Crippen LogP contribution in [-0.4, -0.2) is 12.6 Å². The molecule has 0 atom stereocenters. The fourth-order valence-electron chi connectivity index (χ4n) is 2.14. The molecule has 2 aromatic rings. The van der Waals surface area contributed by atoms with E-state index in [0.29, 0.717) is 33.7 Å². The van der Waals surface area contributed by atoms with Gasteiger partial charge < -0.3 is 9.15 Å². The molecule has 4 nitrogen and oxygen atoms in total. The Morgan fingerprint density at radius 1 is 1.28 bits per heavy atom. The van der Waals surface area contributed by atoms with Gasteiger partial charge in [0.15, 0.2) is 0 Å². The summed E-state index contributed by atoms with van der Waals surface area (Å²) in [5, 5.41) is 9.96. The SMILES string of the molecule is CCCCCOC(=O)C(C#N)=Cc1ccc(-c2cccc(Cl)c2Cl)o1. The highest BCUT2D eigenvalue weighted by Gasteiger charge is 2.14. The summed E-state index contributed by atoms with van der Waals surface area (Å²) in [6.07, 6.45) is 4.13. The first kappa shape index (κ1) is 19.1. The molecule has 0 unspecified atom stereocenters. The summed E-state index contributed by atoms with van der Waals surface area (Å²) in [5.74, 6) is 0.192. The molecule has 0 saturated carbocycles. The summed E-state index contributed by atoms with van der Waals surface area (Å²) in [6, 6.07) is 10.4. The zero-order valence-corrected chi connectivity index (χ0v) is 15.2. The molecule has 0 fully saturated rings. The zero-order chi connectivity index (χ0) is 18.2. The van der Waals surface area contributed by atoms with E-state index in [9.17, 15) is 4.79 Å². The fourth-order valence-corrected chi connectivity index (χ4v) is 2.54. The molecule has 2 rings (SSSR count). The van der Waals surface area contributed by atoms with Crippen molar-refractivity contribution < 1.29 is 13.9 Å². The van der Waals surface area contributed by atoms with Crippen LogP contribution in [0.2, 0.25) is 10.0 Å². The predicted molar refractivity (Wildman–Crippen MR) is 98.2 cm³/mol. The van der Waals surface area contributed by atoms with Gasteiger partial charge in [-0.3, -0.25) is 0 Å². The van der Waals surface area contributed by atoms with Crippen molar-refractivity contribution >= 4 is 35.2 Å². The average molecular weight is 378 g/mol. The van der Waals surface area contributed by atoms with Gasteiger partial charge in [0.05, 0.1) is 16.7 Å². The number of unbranched alkanes of at least 4 members (excludes halogenated alkanes) is 2. The van der Waals surface area contributed by atoms with Gasteiger partial charge in [0.2, 0.25) is 0 Å². The minimum Gasteiger partial charge on any atom is -0.462 e. The molecule has 1 aromatic heterocycles. The van der Waals surface area contributed by atoms with Gasteiger partial charge in [-0.05, 0) is 30.7 Å². The molecule has 1 heterocycles. The normalized spacial score (nSPS) is 11.2. The van der Waals surface area contributed by atoms with E-state index < -0.39 is 5.97 Å². The quantitative estimate of drug-likeness (QED) is 0.261. The largest absolute Gasteiger partial charge is 0.462 e. The molecule has 0 aliphatic rings. The van der Waals surface area contributed by atoms with Crippen molar-refractivity contribution in [3.8, 4) is 17.4 Å². The Bertz CT molecular complexity index is 818. The number of hydrogen-bond acceptors (Lipinski definition) is 4. The number of nitrogens with zero attached hydrogens (tertiary/aromatic N) is 1. The highest BCUT2D eigenvalue weighted by molar-refractivity contribution is 6.43. The third-order valence-electron chi connectivity index (χ3n) is 3.45. The van der Waals surface area contributed by atoms with Crippen LogP contribution in [0.1, 0.15) is 31.9 Å². The molecular weight excluding hydrogens is 361 g/mol. The molecule has 1 aromatic carbocycles. The lowest BCUT2D eigenvalue weighted by molar-refractivity contribution is -0.138.